The lowest BCUT2D eigenvalue weighted by Crippen LogP contribution is -2.23. The van der Waals surface area contributed by atoms with E-state index in [0.29, 0.717) is 5.75 Å². The van der Waals surface area contributed by atoms with Gasteiger partial charge in [0, 0.05) is 16.1 Å². The molecule has 1 aromatic rings. The highest BCUT2D eigenvalue weighted by molar-refractivity contribution is 9.10. The van der Waals surface area contributed by atoms with Crippen LogP contribution in [0.4, 0.5) is 0 Å². The molecule has 0 saturated heterocycles. The zero-order valence-corrected chi connectivity index (χ0v) is 11.1. The second-order valence-corrected chi connectivity index (χ2v) is 4.78. The standard InChI is InChI=1S/C12H18BrNO/c1-4-7-14(3)9(2)11-8-10(13)5-6-12(11)15/h5-6,8-9,15H,4,7H2,1-3H3. The smallest absolute Gasteiger partial charge is 0.120 e. The first kappa shape index (κ1) is 12.5. The van der Waals surface area contributed by atoms with E-state index < -0.39 is 0 Å². The molecule has 0 aliphatic rings. The normalized spacial score (nSPS) is 13.1. The number of hydrogen-bond acceptors (Lipinski definition) is 2. The minimum absolute atomic E-state index is 0.238. The summed E-state index contributed by atoms with van der Waals surface area (Å²) in [5.41, 5.74) is 0.973. The van der Waals surface area contributed by atoms with Gasteiger partial charge in [-0.25, -0.2) is 0 Å². The number of phenols is 1. The van der Waals surface area contributed by atoms with E-state index in [0.717, 1.165) is 23.0 Å². The van der Waals surface area contributed by atoms with Crippen LogP contribution in [0.1, 0.15) is 31.9 Å². The van der Waals surface area contributed by atoms with Crippen LogP contribution in [0.25, 0.3) is 0 Å². The van der Waals surface area contributed by atoms with Gasteiger partial charge in [0.1, 0.15) is 5.75 Å². The Bertz CT molecular complexity index is 327. The summed E-state index contributed by atoms with van der Waals surface area (Å²) in [7, 11) is 2.08. The molecule has 1 unspecified atom stereocenters. The third kappa shape index (κ3) is 3.21. The largest absolute Gasteiger partial charge is 0.508 e. The fourth-order valence-electron chi connectivity index (χ4n) is 1.64. The molecule has 1 rings (SSSR count). The summed E-state index contributed by atoms with van der Waals surface area (Å²) in [6, 6.07) is 5.80. The molecule has 2 nitrogen and oxygen atoms in total. The van der Waals surface area contributed by atoms with E-state index in [1.54, 1.807) is 6.07 Å². The number of hydrogen-bond donors (Lipinski definition) is 1. The Morgan fingerprint density at radius 3 is 2.73 bits per heavy atom. The summed E-state index contributed by atoms with van der Waals surface area (Å²) in [5, 5.41) is 9.77. The van der Waals surface area contributed by atoms with Crippen molar-refractivity contribution in [1.82, 2.24) is 4.90 Å². The molecule has 0 amide bonds. The number of halogens is 1. The number of nitrogens with zero attached hydrogens (tertiary/aromatic N) is 1. The molecule has 0 aliphatic carbocycles. The Morgan fingerprint density at radius 1 is 1.47 bits per heavy atom. The van der Waals surface area contributed by atoms with Crippen molar-refractivity contribution in [3.63, 3.8) is 0 Å². The number of aromatic hydroxyl groups is 1. The van der Waals surface area contributed by atoms with Gasteiger partial charge >= 0.3 is 0 Å². The monoisotopic (exact) mass is 271 g/mol. The maximum atomic E-state index is 9.77. The predicted octanol–water partition coefficient (Wildman–Crippen LogP) is 3.56. The van der Waals surface area contributed by atoms with Gasteiger partial charge in [0.2, 0.25) is 0 Å². The molecular weight excluding hydrogens is 254 g/mol. The van der Waals surface area contributed by atoms with E-state index >= 15 is 0 Å². The summed E-state index contributed by atoms with van der Waals surface area (Å²) in [6.45, 7) is 5.30. The SMILES string of the molecule is CCCN(C)C(C)c1cc(Br)ccc1O. The van der Waals surface area contributed by atoms with Crippen LogP contribution < -0.4 is 0 Å². The topological polar surface area (TPSA) is 23.5 Å². The molecule has 0 heterocycles. The summed E-state index contributed by atoms with van der Waals surface area (Å²) in [6.07, 6.45) is 1.12. The Kier molecular flexibility index (Phi) is 4.61. The van der Waals surface area contributed by atoms with Crippen molar-refractivity contribution in [3.8, 4) is 5.75 Å². The highest BCUT2D eigenvalue weighted by Gasteiger charge is 2.14. The second kappa shape index (κ2) is 5.52. The Labute approximate surface area is 100 Å². The molecule has 0 aromatic heterocycles. The highest BCUT2D eigenvalue weighted by Crippen LogP contribution is 2.30. The molecule has 0 aliphatic heterocycles. The molecule has 84 valence electrons. The Balaban J connectivity index is 2.89. The lowest BCUT2D eigenvalue weighted by molar-refractivity contribution is 0.257. The molecule has 0 bridgehead atoms. The van der Waals surface area contributed by atoms with Gasteiger partial charge in [0.15, 0.2) is 0 Å². The molecular formula is C12H18BrNO. The highest BCUT2D eigenvalue weighted by atomic mass is 79.9. The summed E-state index contributed by atoms with van der Waals surface area (Å²) >= 11 is 3.42. The van der Waals surface area contributed by atoms with Crippen LogP contribution >= 0.6 is 15.9 Å². The van der Waals surface area contributed by atoms with Gasteiger partial charge < -0.3 is 5.11 Å². The molecule has 0 saturated carbocycles. The van der Waals surface area contributed by atoms with Crippen molar-refractivity contribution in [2.75, 3.05) is 13.6 Å². The van der Waals surface area contributed by atoms with Crippen molar-refractivity contribution in [2.45, 2.75) is 26.3 Å². The van der Waals surface area contributed by atoms with Crippen molar-refractivity contribution in [1.29, 1.82) is 0 Å². The van der Waals surface area contributed by atoms with Crippen molar-refractivity contribution in [3.05, 3.63) is 28.2 Å². The minimum atomic E-state index is 0.238. The lowest BCUT2D eigenvalue weighted by Gasteiger charge is -2.25. The van der Waals surface area contributed by atoms with E-state index in [2.05, 4.69) is 41.7 Å². The van der Waals surface area contributed by atoms with E-state index in [-0.39, 0.29) is 6.04 Å². The third-order valence-electron chi connectivity index (χ3n) is 2.68. The van der Waals surface area contributed by atoms with Crippen LogP contribution in [0.2, 0.25) is 0 Å². The van der Waals surface area contributed by atoms with Gasteiger partial charge in [-0.1, -0.05) is 22.9 Å². The number of phenolic OH excluding ortho intramolecular Hbond substituents is 1. The minimum Gasteiger partial charge on any atom is -0.508 e. The summed E-state index contributed by atoms with van der Waals surface area (Å²) in [4.78, 5) is 2.24. The van der Waals surface area contributed by atoms with Gasteiger partial charge in [-0.15, -0.1) is 0 Å². The first-order valence-electron chi connectivity index (χ1n) is 5.25. The van der Waals surface area contributed by atoms with Crippen LogP contribution in [0.15, 0.2) is 22.7 Å². The average Bonchev–Trinajstić information content (AvgIpc) is 2.21. The number of rotatable bonds is 4. The molecule has 3 heteroatoms. The molecule has 15 heavy (non-hydrogen) atoms. The molecule has 1 atom stereocenters. The second-order valence-electron chi connectivity index (χ2n) is 3.86. The van der Waals surface area contributed by atoms with Crippen LogP contribution in [0.5, 0.6) is 5.75 Å². The lowest BCUT2D eigenvalue weighted by atomic mass is 10.1. The fourth-order valence-corrected chi connectivity index (χ4v) is 2.02. The van der Waals surface area contributed by atoms with E-state index in [1.807, 2.05) is 12.1 Å². The van der Waals surface area contributed by atoms with Crippen LogP contribution in [-0.2, 0) is 0 Å². The first-order chi connectivity index (χ1) is 7.06. The maximum absolute atomic E-state index is 9.77. The summed E-state index contributed by atoms with van der Waals surface area (Å²) in [5.74, 6) is 0.369. The van der Waals surface area contributed by atoms with Crippen molar-refractivity contribution < 1.29 is 5.11 Å². The van der Waals surface area contributed by atoms with Crippen LogP contribution in [0, 0.1) is 0 Å². The molecule has 0 spiro atoms. The molecule has 0 radical (unpaired) electrons. The zero-order chi connectivity index (χ0) is 11.4. The maximum Gasteiger partial charge on any atom is 0.120 e. The zero-order valence-electron chi connectivity index (χ0n) is 9.50. The van der Waals surface area contributed by atoms with E-state index in [9.17, 15) is 5.11 Å². The average molecular weight is 272 g/mol. The van der Waals surface area contributed by atoms with Gasteiger partial charge in [-0.3, -0.25) is 4.90 Å². The Hall–Kier alpha value is -0.540. The van der Waals surface area contributed by atoms with Gasteiger partial charge in [-0.05, 0) is 45.1 Å². The van der Waals surface area contributed by atoms with Crippen LogP contribution in [-0.4, -0.2) is 23.6 Å². The van der Waals surface area contributed by atoms with Crippen LogP contribution in [0.3, 0.4) is 0 Å². The van der Waals surface area contributed by atoms with Gasteiger partial charge in [0.25, 0.3) is 0 Å². The molecule has 1 N–H and O–H groups in total. The van der Waals surface area contributed by atoms with Crippen molar-refractivity contribution >= 4 is 15.9 Å². The van der Waals surface area contributed by atoms with E-state index in [4.69, 9.17) is 0 Å². The summed E-state index contributed by atoms with van der Waals surface area (Å²) < 4.78 is 1.01. The third-order valence-corrected chi connectivity index (χ3v) is 3.17. The first-order valence-corrected chi connectivity index (χ1v) is 6.04. The Morgan fingerprint density at radius 2 is 2.13 bits per heavy atom. The van der Waals surface area contributed by atoms with Gasteiger partial charge in [0.05, 0.1) is 0 Å². The van der Waals surface area contributed by atoms with E-state index in [1.165, 1.54) is 0 Å². The predicted molar refractivity (Wildman–Crippen MR) is 67.1 cm³/mol. The van der Waals surface area contributed by atoms with Crippen molar-refractivity contribution in [2.24, 2.45) is 0 Å². The van der Waals surface area contributed by atoms with Gasteiger partial charge in [-0.2, -0.15) is 0 Å². The molecule has 1 aromatic carbocycles. The molecule has 0 fully saturated rings. The fraction of sp³-hybridized carbons (Fsp3) is 0.500. The quantitative estimate of drug-likeness (QED) is 0.905. The number of benzene rings is 1.